The summed E-state index contributed by atoms with van der Waals surface area (Å²) >= 11 is 0. The summed E-state index contributed by atoms with van der Waals surface area (Å²) in [5.41, 5.74) is 6.88. The summed E-state index contributed by atoms with van der Waals surface area (Å²) in [6.07, 6.45) is 0. The van der Waals surface area contributed by atoms with Gasteiger partial charge in [0.05, 0.1) is 5.69 Å². The summed E-state index contributed by atoms with van der Waals surface area (Å²) in [5, 5.41) is 9.33. The van der Waals surface area contributed by atoms with Crippen LogP contribution < -0.4 is 11.2 Å². The molecular weight excluding hydrogens is 220 g/mol. The van der Waals surface area contributed by atoms with Gasteiger partial charge in [0.2, 0.25) is 5.43 Å². The Morgan fingerprint density at radius 3 is 2.88 bits per heavy atom. The monoisotopic (exact) mass is 228 g/mol. The van der Waals surface area contributed by atoms with E-state index in [1.807, 2.05) is 0 Å². The Bertz CT molecular complexity index is 749. The van der Waals surface area contributed by atoms with Gasteiger partial charge in [0.1, 0.15) is 17.0 Å². The molecule has 0 aromatic heterocycles. The van der Waals surface area contributed by atoms with Crippen LogP contribution in [0, 0.1) is 0 Å². The number of phenols is 1. The summed E-state index contributed by atoms with van der Waals surface area (Å²) in [4.78, 5) is 15.7. The average Bonchev–Trinajstić information content (AvgIpc) is 2.28. The SMILES string of the molecule is Nc1cc2nc3ccc(O)cc3oc-2cc1=O. The second-order valence-electron chi connectivity index (χ2n) is 3.72. The van der Waals surface area contributed by atoms with Crippen molar-refractivity contribution < 1.29 is 9.52 Å². The highest BCUT2D eigenvalue weighted by Gasteiger charge is 2.11. The Morgan fingerprint density at radius 2 is 2.06 bits per heavy atom. The number of nitrogen functional groups attached to an aromatic ring is 1. The number of nitrogens with zero attached hydrogens (tertiary/aromatic N) is 1. The molecule has 0 spiro atoms. The molecular formula is C12H8N2O3. The molecule has 0 saturated heterocycles. The van der Waals surface area contributed by atoms with Gasteiger partial charge in [0.25, 0.3) is 0 Å². The number of hydrogen-bond acceptors (Lipinski definition) is 5. The molecule has 0 saturated carbocycles. The number of aromatic hydroxyl groups is 1. The van der Waals surface area contributed by atoms with Crippen LogP contribution in [0.15, 0.2) is 39.5 Å². The van der Waals surface area contributed by atoms with Crippen molar-refractivity contribution in [2.24, 2.45) is 0 Å². The first-order valence-electron chi connectivity index (χ1n) is 4.96. The Labute approximate surface area is 95.5 Å². The molecule has 0 atom stereocenters. The first-order valence-corrected chi connectivity index (χ1v) is 4.96. The minimum absolute atomic E-state index is 0.0835. The highest BCUT2D eigenvalue weighted by atomic mass is 16.3. The van der Waals surface area contributed by atoms with Gasteiger partial charge in [-0.1, -0.05) is 0 Å². The third kappa shape index (κ3) is 1.48. The Hall–Kier alpha value is -2.56. The molecule has 0 radical (unpaired) electrons. The summed E-state index contributed by atoms with van der Waals surface area (Å²) in [6, 6.07) is 7.37. The fourth-order valence-electron chi connectivity index (χ4n) is 1.66. The van der Waals surface area contributed by atoms with E-state index in [1.54, 1.807) is 6.07 Å². The highest BCUT2D eigenvalue weighted by molar-refractivity contribution is 5.78. The molecule has 1 heterocycles. The molecule has 3 rings (SSSR count). The molecule has 1 aliphatic carbocycles. The molecule has 0 bridgehead atoms. The van der Waals surface area contributed by atoms with Crippen LogP contribution in [0.25, 0.3) is 22.6 Å². The number of benzene rings is 2. The maximum atomic E-state index is 11.4. The van der Waals surface area contributed by atoms with Gasteiger partial charge in [-0.3, -0.25) is 4.79 Å². The Kier molecular flexibility index (Phi) is 1.82. The number of phenolic OH excluding ortho intramolecular Hbond substituents is 1. The van der Waals surface area contributed by atoms with Crippen molar-refractivity contribution in [1.82, 2.24) is 4.98 Å². The van der Waals surface area contributed by atoms with Crippen molar-refractivity contribution in [1.29, 1.82) is 0 Å². The lowest BCUT2D eigenvalue weighted by Crippen LogP contribution is -2.08. The smallest absolute Gasteiger partial charge is 0.205 e. The summed E-state index contributed by atoms with van der Waals surface area (Å²) < 4.78 is 5.48. The van der Waals surface area contributed by atoms with Gasteiger partial charge in [-0.2, -0.15) is 0 Å². The van der Waals surface area contributed by atoms with Crippen molar-refractivity contribution in [2.45, 2.75) is 0 Å². The van der Waals surface area contributed by atoms with Crippen LogP contribution in [0.5, 0.6) is 5.75 Å². The zero-order valence-corrected chi connectivity index (χ0v) is 8.68. The van der Waals surface area contributed by atoms with Crippen LogP contribution in [0.1, 0.15) is 0 Å². The van der Waals surface area contributed by atoms with Crippen LogP contribution in [0.2, 0.25) is 0 Å². The molecule has 1 aromatic rings. The second-order valence-corrected chi connectivity index (χ2v) is 3.72. The Morgan fingerprint density at radius 1 is 1.24 bits per heavy atom. The Balaban J connectivity index is 2.45. The number of aromatic nitrogens is 1. The number of rotatable bonds is 0. The van der Waals surface area contributed by atoms with E-state index < -0.39 is 0 Å². The van der Waals surface area contributed by atoms with Gasteiger partial charge in [-0.15, -0.1) is 0 Å². The van der Waals surface area contributed by atoms with E-state index in [9.17, 15) is 9.90 Å². The maximum Gasteiger partial charge on any atom is 0.205 e. The van der Waals surface area contributed by atoms with E-state index in [2.05, 4.69) is 4.98 Å². The summed E-state index contributed by atoms with van der Waals surface area (Å²) in [6.45, 7) is 0. The molecule has 1 aromatic carbocycles. The third-order valence-electron chi connectivity index (χ3n) is 2.50. The fourth-order valence-corrected chi connectivity index (χ4v) is 1.66. The molecule has 5 heteroatoms. The molecule has 3 N–H and O–H groups in total. The van der Waals surface area contributed by atoms with E-state index in [0.717, 1.165) is 0 Å². The molecule has 2 aliphatic rings. The molecule has 0 amide bonds. The second kappa shape index (κ2) is 3.21. The lowest BCUT2D eigenvalue weighted by molar-refractivity contribution is 0.474. The molecule has 1 aliphatic heterocycles. The van der Waals surface area contributed by atoms with Crippen molar-refractivity contribution in [3.05, 3.63) is 40.6 Å². The molecule has 0 unspecified atom stereocenters. The van der Waals surface area contributed by atoms with Crippen molar-refractivity contribution in [2.75, 3.05) is 5.73 Å². The lowest BCUT2D eigenvalue weighted by atomic mass is 10.2. The zero-order valence-electron chi connectivity index (χ0n) is 8.68. The topological polar surface area (TPSA) is 89.3 Å². The first kappa shape index (κ1) is 9.65. The lowest BCUT2D eigenvalue weighted by Gasteiger charge is -2.06. The van der Waals surface area contributed by atoms with E-state index in [-0.39, 0.29) is 16.9 Å². The minimum atomic E-state index is -0.303. The van der Waals surface area contributed by atoms with Crippen LogP contribution in [0.4, 0.5) is 5.69 Å². The minimum Gasteiger partial charge on any atom is -0.508 e. The predicted molar refractivity (Wildman–Crippen MR) is 63.0 cm³/mol. The van der Waals surface area contributed by atoms with Gasteiger partial charge >= 0.3 is 0 Å². The van der Waals surface area contributed by atoms with Crippen LogP contribution in [0.3, 0.4) is 0 Å². The predicted octanol–water partition coefficient (Wildman–Crippen LogP) is 1.58. The summed E-state index contributed by atoms with van der Waals surface area (Å²) in [5.74, 6) is 0.433. The van der Waals surface area contributed by atoms with Gasteiger partial charge in [-0.25, -0.2) is 4.98 Å². The standard InChI is InChI=1S/C12H8N2O3/c13-7-4-9-12(5-10(7)16)17-11-3-6(15)1-2-8(11)14-9/h1-5,15H,13H2. The normalized spacial score (nSPS) is 11.1. The van der Waals surface area contributed by atoms with E-state index in [1.165, 1.54) is 24.3 Å². The van der Waals surface area contributed by atoms with Gasteiger partial charge in [-0.05, 0) is 18.2 Å². The first-order chi connectivity index (χ1) is 8.13. The third-order valence-corrected chi connectivity index (χ3v) is 2.50. The van der Waals surface area contributed by atoms with Crippen molar-refractivity contribution >= 4 is 16.8 Å². The fraction of sp³-hybridized carbons (Fsp3) is 0. The van der Waals surface area contributed by atoms with Crippen LogP contribution in [-0.4, -0.2) is 10.1 Å². The summed E-state index contributed by atoms with van der Waals surface area (Å²) in [7, 11) is 0. The van der Waals surface area contributed by atoms with Gasteiger partial charge < -0.3 is 15.3 Å². The maximum absolute atomic E-state index is 11.4. The number of hydrogen-bond donors (Lipinski definition) is 2. The number of nitrogens with two attached hydrogens (primary N) is 1. The highest BCUT2D eigenvalue weighted by Crippen LogP contribution is 2.26. The van der Waals surface area contributed by atoms with Crippen LogP contribution >= 0.6 is 0 Å². The molecule has 0 fully saturated rings. The largest absolute Gasteiger partial charge is 0.508 e. The average molecular weight is 228 g/mol. The molecule has 17 heavy (non-hydrogen) atoms. The molecule has 5 nitrogen and oxygen atoms in total. The van der Waals surface area contributed by atoms with Crippen molar-refractivity contribution in [3.8, 4) is 17.2 Å². The van der Waals surface area contributed by atoms with Crippen molar-refractivity contribution in [3.63, 3.8) is 0 Å². The van der Waals surface area contributed by atoms with E-state index >= 15 is 0 Å². The van der Waals surface area contributed by atoms with Crippen LogP contribution in [-0.2, 0) is 0 Å². The molecule has 84 valence electrons. The van der Waals surface area contributed by atoms with E-state index in [0.29, 0.717) is 22.6 Å². The number of anilines is 1. The quantitative estimate of drug-likeness (QED) is 0.450. The zero-order chi connectivity index (χ0) is 12.0. The van der Waals surface area contributed by atoms with E-state index in [4.69, 9.17) is 10.2 Å². The van der Waals surface area contributed by atoms with Gasteiger partial charge in [0.15, 0.2) is 11.3 Å². The number of fused-ring (bicyclic) bond motifs is 2. The van der Waals surface area contributed by atoms with Gasteiger partial charge in [0, 0.05) is 12.1 Å².